The van der Waals surface area contributed by atoms with Gasteiger partial charge in [-0.2, -0.15) is 0 Å². The molecule has 2 aliphatic rings. The minimum Gasteiger partial charge on any atom is -0.495 e. The van der Waals surface area contributed by atoms with Crippen molar-refractivity contribution in [1.29, 1.82) is 0 Å². The number of alkyl halides is 3. The summed E-state index contributed by atoms with van der Waals surface area (Å²) in [5, 5.41) is 0. The van der Waals surface area contributed by atoms with Crippen LogP contribution in [0, 0.1) is 0 Å². The maximum atomic E-state index is 13.3. The lowest BCUT2D eigenvalue weighted by atomic mass is 9.95. The van der Waals surface area contributed by atoms with Crippen LogP contribution in [-0.2, 0) is 29.0 Å². The second-order valence-corrected chi connectivity index (χ2v) is 11.6. The van der Waals surface area contributed by atoms with Crippen LogP contribution in [0.2, 0.25) is 0 Å². The van der Waals surface area contributed by atoms with Crippen molar-refractivity contribution in [3.63, 3.8) is 0 Å². The third-order valence-electron chi connectivity index (χ3n) is 6.65. The zero-order chi connectivity index (χ0) is 28.4. The molecule has 0 spiro atoms. The monoisotopic (exact) mass is 564 g/mol. The third kappa shape index (κ3) is 9.48. The SMILES string of the molecule is C=CC(=C=C/C=C(\C)OC(CCC)CCCNS(=O)(=O)C1(C(=O)OC)CCN(C2CC2)CC1)OC(F)(F)F. The second-order valence-electron chi connectivity index (χ2n) is 9.53. The molecule has 0 amide bonds. The maximum Gasteiger partial charge on any atom is 0.573 e. The number of nitrogens with one attached hydrogen (secondary N) is 1. The fraction of sp³-hybridized carbons (Fsp3) is 0.692. The number of ether oxygens (including phenoxy) is 3. The van der Waals surface area contributed by atoms with Gasteiger partial charge < -0.3 is 19.1 Å². The summed E-state index contributed by atoms with van der Waals surface area (Å²) in [7, 11) is -2.76. The second kappa shape index (κ2) is 14.2. The predicted molar refractivity (Wildman–Crippen MR) is 137 cm³/mol. The van der Waals surface area contributed by atoms with Crippen molar-refractivity contribution < 1.29 is 40.6 Å². The van der Waals surface area contributed by atoms with Crippen molar-refractivity contribution in [1.82, 2.24) is 9.62 Å². The maximum absolute atomic E-state index is 13.3. The van der Waals surface area contributed by atoms with E-state index in [1.807, 2.05) is 6.92 Å². The van der Waals surface area contributed by atoms with E-state index in [9.17, 15) is 26.4 Å². The van der Waals surface area contributed by atoms with E-state index in [2.05, 4.69) is 26.7 Å². The Morgan fingerprint density at radius 1 is 1.26 bits per heavy atom. The summed E-state index contributed by atoms with van der Waals surface area (Å²) in [6.07, 6.45) is 3.70. The van der Waals surface area contributed by atoms with Crippen molar-refractivity contribution in [2.24, 2.45) is 0 Å². The first-order valence-corrected chi connectivity index (χ1v) is 14.4. The van der Waals surface area contributed by atoms with Crippen molar-refractivity contribution in [2.45, 2.75) is 88.5 Å². The Hall–Kier alpha value is -2.27. The lowest BCUT2D eigenvalue weighted by molar-refractivity contribution is -0.303. The molecule has 1 aliphatic heterocycles. The van der Waals surface area contributed by atoms with E-state index in [1.54, 1.807) is 6.92 Å². The number of halogens is 3. The molecule has 1 atom stereocenters. The van der Waals surface area contributed by atoms with Gasteiger partial charge in [0.25, 0.3) is 0 Å². The Balaban J connectivity index is 1.93. The smallest absolute Gasteiger partial charge is 0.495 e. The number of carbonyl (C=O) groups excluding carboxylic acids is 1. The lowest BCUT2D eigenvalue weighted by Crippen LogP contribution is -2.58. The number of carbonyl (C=O) groups is 1. The fourth-order valence-electron chi connectivity index (χ4n) is 4.52. The van der Waals surface area contributed by atoms with Crippen molar-refractivity contribution >= 4 is 16.0 Å². The molecule has 216 valence electrons. The van der Waals surface area contributed by atoms with Crippen LogP contribution >= 0.6 is 0 Å². The van der Waals surface area contributed by atoms with Crippen LogP contribution < -0.4 is 4.72 Å². The average molecular weight is 565 g/mol. The number of hydrogen-bond acceptors (Lipinski definition) is 7. The van der Waals surface area contributed by atoms with Gasteiger partial charge in [-0.3, -0.25) is 4.79 Å². The van der Waals surface area contributed by atoms with Gasteiger partial charge in [0.2, 0.25) is 10.0 Å². The van der Waals surface area contributed by atoms with E-state index in [0.29, 0.717) is 44.2 Å². The number of methoxy groups -OCH3 is 1. The number of allylic oxidation sites excluding steroid dienone is 3. The normalized spacial score (nSPS) is 19.2. The highest BCUT2D eigenvalue weighted by molar-refractivity contribution is 7.91. The highest BCUT2D eigenvalue weighted by Gasteiger charge is 2.54. The number of esters is 1. The molecular weight excluding hydrogens is 525 g/mol. The van der Waals surface area contributed by atoms with Gasteiger partial charge in [0, 0.05) is 25.7 Å². The third-order valence-corrected chi connectivity index (χ3v) is 8.84. The van der Waals surface area contributed by atoms with Crippen LogP contribution in [-0.4, -0.2) is 69.3 Å². The van der Waals surface area contributed by atoms with Crippen LogP contribution in [0.1, 0.15) is 65.2 Å². The van der Waals surface area contributed by atoms with Crippen LogP contribution in [0.4, 0.5) is 13.2 Å². The quantitative estimate of drug-likeness (QED) is 0.101. The molecule has 2 fully saturated rings. The molecule has 1 N–H and O–H groups in total. The lowest BCUT2D eigenvalue weighted by Gasteiger charge is -2.39. The van der Waals surface area contributed by atoms with E-state index in [-0.39, 0.29) is 25.5 Å². The van der Waals surface area contributed by atoms with Gasteiger partial charge in [0.1, 0.15) is 0 Å². The zero-order valence-corrected chi connectivity index (χ0v) is 23.1. The number of likely N-dealkylation sites (tertiary alicyclic amines) is 1. The Morgan fingerprint density at radius 2 is 1.92 bits per heavy atom. The van der Waals surface area contributed by atoms with E-state index < -0.39 is 32.9 Å². The minimum absolute atomic E-state index is 0.139. The summed E-state index contributed by atoms with van der Waals surface area (Å²) in [5.74, 6) is -0.836. The van der Waals surface area contributed by atoms with Crippen LogP contribution in [0.25, 0.3) is 0 Å². The van der Waals surface area contributed by atoms with Crippen LogP contribution in [0.3, 0.4) is 0 Å². The number of sulfonamides is 1. The molecule has 1 saturated heterocycles. The Bertz CT molecular complexity index is 1010. The average Bonchev–Trinajstić information content (AvgIpc) is 3.70. The molecule has 1 aliphatic carbocycles. The number of piperidine rings is 1. The first kappa shape index (κ1) is 31.9. The van der Waals surface area contributed by atoms with Gasteiger partial charge in [-0.05, 0) is 70.1 Å². The van der Waals surface area contributed by atoms with E-state index in [4.69, 9.17) is 9.47 Å². The molecule has 0 aromatic rings. The van der Waals surface area contributed by atoms with E-state index >= 15 is 0 Å². The molecule has 38 heavy (non-hydrogen) atoms. The van der Waals surface area contributed by atoms with Gasteiger partial charge in [0.05, 0.1) is 19.0 Å². The Kier molecular flexibility index (Phi) is 11.9. The van der Waals surface area contributed by atoms with Crippen LogP contribution in [0.15, 0.2) is 42.1 Å². The minimum atomic E-state index is -4.84. The molecule has 1 unspecified atom stereocenters. The number of hydrogen-bond donors (Lipinski definition) is 1. The first-order valence-electron chi connectivity index (χ1n) is 12.9. The molecule has 12 heteroatoms. The largest absolute Gasteiger partial charge is 0.573 e. The topological polar surface area (TPSA) is 94.2 Å². The predicted octanol–water partition coefficient (Wildman–Crippen LogP) is 4.71. The molecule has 1 saturated carbocycles. The standard InChI is InChI=1S/C26H39F3N2O6S/c1-5-9-23(36-20(3)10-7-11-22(6-2)37-26(27,28)29)12-8-17-30-38(33,34)25(24(32)35-4)15-18-31(19-16-25)21-13-14-21/h6-7,10,21,23,30H,2,5,8-9,12-19H2,1,3-4H3/b20-10+. The number of nitrogens with zero attached hydrogens (tertiary/aromatic N) is 1. The summed E-state index contributed by atoms with van der Waals surface area (Å²) in [4.78, 5) is 14.9. The number of rotatable bonds is 15. The van der Waals surface area contributed by atoms with Crippen molar-refractivity contribution in [3.8, 4) is 0 Å². The van der Waals surface area contributed by atoms with Gasteiger partial charge in [-0.25, -0.2) is 13.1 Å². The van der Waals surface area contributed by atoms with Gasteiger partial charge in [-0.1, -0.05) is 25.7 Å². The molecule has 0 aromatic heterocycles. The highest BCUT2D eigenvalue weighted by atomic mass is 32.2. The highest BCUT2D eigenvalue weighted by Crippen LogP contribution is 2.36. The summed E-state index contributed by atoms with van der Waals surface area (Å²) >= 11 is 0. The van der Waals surface area contributed by atoms with E-state index in [0.717, 1.165) is 25.3 Å². The Labute approximate surface area is 223 Å². The molecule has 0 aromatic carbocycles. The molecule has 2 rings (SSSR count). The molecule has 0 radical (unpaired) electrons. The Morgan fingerprint density at radius 3 is 2.45 bits per heavy atom. The molecule has 8 nitrogen and oxygen atoms in total. The van der Waals surface area contributed by atoms with Gasteiger partial charge >= 0.3 is 12.3 Å². The summed E-state index contributed by atoms with van der Waals surface area (Å²) < 4.78 is 79.1. The fourth-order valence-corrected chi connectivity index (χ4v) is 6.23. The van der Waals surface area contributed by atoms with Gasteiger partial charge in [0.15, 0.2) is 10.5 Å². The molecule has 1 heterocycles. The molecule has 0 bridgehead atoms. The van der Waals surface area contributed by atoms with Crippen LogP contribution in [0.5, 0.6) is 0 Å². The summed E-state index contributed by atoms with van der Waals surface area (Å²) in [6.45, 7) is 8.13. The first-order chi connectivity index (χ1) is 17.9. The van der Waals surface area contributed by atoms with Gasteiger partial charge in [-0.15, -0.1) is 13.2 Å². The van der Waals surface area contributed by atoms with Crippen molar-refractivity contribution in [2.75, 3.05) is 26.7 Å². The van der Waals surface area contributed by atoms with Crippen molar-refractivity contribution in [3.05, 3.63) is 42.1 Å². The molecular formula is C26H39F3N2O6S. The summed E-state index contributed by atoms with van der Waals surface area (Å²) in [6, 6.07) is 0.498. The summed E-state index contributed by atoms with van der Waals surface area (Å²) in [5.41, 5.74) is 2.35. The zero-order valence-electron chi connectivity index (χ0n) is 22.3. The van der Waals surface area contributed by atoms with E-state index in [1.165, 1.54) is 19.3 Å².